The Balaban J connectivity index is 2.03. The third kappa shape index (κ3) is 3.84. The molecule has 0 aliphatic carbocycles. The van der Waals surface area contributed by atoms with Crippen molar-refractivity contribution in [3.8, 4) is 0 Å². The molecule has 14 heteroatoms. The van der Waals surface area contributed by atoms with E-state index in [-0.39, 0.29) is 35.7 Å². The van der Waals surface area contributed by atoms with Crippen LogP contribution in [0.4, 0.5) is 35.7 Å². The first-order chi connectivity index (χ1) is 12.3. The predicted octanol–water partition coefficient (Wildman–Crippen LogP) is -0.572. The smallest absolute Gasteiger partial charge is 0.292 e. The van der Waals surface area contributed by atoms with E-state index in [0.29, 0.717) is 5.30 Å². The molecule has 0 unspecified atom stereocenters. The molecule has 0 amide bonds. The van der Waals surface area contributed by atoms with Gasteiger partial charge in [0.25, 0.3) is 7.44 Å². The fraction of sp³-hybridized carbons (Fsp3) is 0. The summed E-state index contributed by atoms with van der Waals surface area (Å²) in [6.07, 6.45) is 0. The number of aromatic nitrogens is 6. The van der Waals surface area contributed by atoms with E-state index in [1.807, 2.05) is 0 Å². The lowest BCUT2D eigenvalue weighted by atomic mass is 10.4. The van der Waals surface area contributed by atoms with Crippen molar-refractivity contribution in [1.29, 1.82) is 0 Å². The van der Waals surface area contributed by atoms with Gasteiger partial charge in [-0.25, -0.2) is 0 Å². The topological polar surface area (TPSA) is 223 Å². The van der Waals surface area contributed by atoms with Crippen molar-refractivity contribution < 1.29 is 4.57 Å². The van der Waals surface area contributed by atoms with Crippen LogP contribution in [-0.4, -0.2) is 29.9 Å². The van der Waals surface area contributed by atoms with Gasteiger partial charge in [-0.2, -0.15) is 29.9 Å². The van der Waals surface area contributed by atoms with Crippen LogP contribution in [0.15, 0.2) is 30.3 Å². The second-order valence-corrected chi connectivity index (χ2v) is 7.10. The van der Waals surface area contributed by atoms with Crippen molar-refractivity contribution in [2.45, 2.75) is 0 Å². The molecule has 2 heterocycles. The maximum atomic E-state index is 13.6. The van der Waals surface area contributed by atoms with E-state index in [1.165, 1.54) is 0 Å². The lowest BCUT2D eigenvalue weighted by Gasteiger charge is -2.21. The second kappa shape index (κ2) is 6.64. The molecule has 1 aromatic carbocycles. The number of nitrogen functional groups attached to an aromatic ring is 4. The van der Waals surface area contributed by atoms with Crippen molar-refractivity contribution in [3.05, 3.63) is 30.3 Å². The average Bonchev–Trinajstić information content (AvgIpc) is 2.53. The molecule has 134 valence electrons. The molecule has 0 aliphatic rings. The van der Waals surface area contributed by atoms with Gasteiger partial charge in [-0.3, -0.25) is 14.7 Å². The average molecular weight is 374 g/mol. The fourth-order valence-electron chi connectivity index (χ4n) is 2.00. The summed E-state index contributed by atoms with van der Waals surface area (Å²) in [5.41, 5.74) is 22.2. The van der Waals surface area contributed by atoms with Gasteiger partial charge in [-0.05, 0) is 12.1 Å². The SMILES string of the molecule is Nc1nc(N)nc(NP(=O)(Nc2nc(N)nc(N)n2)c2ccccc2)n1. The molecule has 0 saturated heterocycles. The number of rotatable bonds is 5. The summed E-state index contributed by atoms with van der Waals surface area (Å²) >= 11 is 0. The van der Waals surface area contributed by atoms with E-state index in [1.54, 1.807) is 30.3 Å². The Labute approximate surface area is 147 Å². The minimum atomic E-state index is -3.62. The van der Waals surface area contributed by atoms with Gasteiger partial charge in [-0.15, -0.1) is 0 Å². The molecule has 10 N–H and O–H groups in total. The minimum Gasteiger partial charge on any atom is -0.368 e. The van der Waals surface area contributed by atoms with Gasteiger partial charge < -0.3 is 22.9 Å². The summed E-state index contributed by atoms with van der Waals surface area (Å²) in [7, 11) is -3.62. The van der Waals surface area contributed by atoms with E-state index < -0.39 is 7.44 Å². The van der Waals surface area contributed by atoms with Crippen LogP contribution in [0, 0.1) is 0 Å². The molecule has 2 aromatic heterocycles. The van der Waals surface area contributed by atoms with Crippen LogP contribution in [0.1, 0.15) is 0 Å². The summed E-state index contributed by atoms with van der Waals surface area (Å²) in [6, 6.07) is 8.44. The highest BCUT2D eigenvalue weighted by atomic mass is 31.2. The number of anilines is 6. The Morgan fingerprint density at radius 2 is 1.04 bits per heavy atom. The maximum absolute atomic E-state index is 13.6. The van der Waals surface area contributed by atoms with E-state index in [4.69, 9.17) is 22.9 Å². The Bertz CT molecular complexity index is 883. The molecule has 13 nitrogen and oxygen atoms in total. The second-order valence-electron chi connectivity index (χ2n) is 4.92. The van der Waals surface area contributed by atoms with E-state index in [2.05, 4.69) is 40.1 Å². The first kappa shape index (κ1) is 17.1. The molecule has 3 rings (SSSR count). The Morgan fingerprint density at radius 3 is 1.42 bits per heavy atom. The summed E-state index contributed by atoms with van der Waals surface area (Å²) < 4.78 is 13.6. The lowest BCUT2D eigenvalue weighted by molar-refractivity contribution is 0.587. The third-order valence-corrected chi connectivity index (χ3v) is 5.03. The third-order valence-electron chi connectivity index (χ3n) is 2.97. The Morgan fingerprint density at radius 1 is 0.654 bits per heavy atom. The van der Waals surface area contributed by atoms with Gasteiger partial charge in [0.1, 0.15) is 0 Å². The summed E-state index contributed by atoms with van der Waals surface area (Å²) in [4.78, 5) is 22.8. The van der Waals surface area contributed by atoms with Crippen LogP contribution >= 0.6 is 7.44 Å². The Kier molecular flexibility index (Phi) is 4.37. The van der Waals surface area contributed by atoms with Gasteiger partial charge in [0.05, 0.1) is 5.30 Å². The standard InChI is InChI=1S/C12H15N12OP/c13-7-17-8(14)20-11(19-7)23-26(25,6-4-2-1-3-5-6)24-12-21-9(15)18-10(16)22-12/h1-5H,(H10,13,14,15,16,17,18,19,20,21,22,23,24,25). The zero-order chi connectivity index (χ0) is 18.7. The van der Waals surface area contributed by atoms with Crippen LogP contribution in [0.2, 0.25) is 0 Å². The van der Waals surface area contributed by atoms with Crippen molar-refractivity contribution in [1.82, 2.24) is 29.9 Å². The fourth-order valence-corrected chi connectivity index (χ4v) is 3.66. The maximum Gasteiger partial charge on any atom is 0.292 e. The largest absolute Gasteiger partial charge is 0.368 e. The normalized spacial score (nSPS) is 11.1. The van der Waals surface area contributed by atoms with Crippen LogP contribution < -0.4 is 38.4 Å². The quantitative estimate of drug-likeness (QED) is 0.308. The van der Waals surface area contributed by atoms with Gasteiger partial charge in [0.15, 0.2) is 0 Å². The molecule has 0 fully saturated rings. The zero-order valence-electron chi connectivity index (χ0n) is 13.2. The van der Waals surface area contributed by atoms with E-state index >= 15 is 0 Å². The van der Waals surface area contributed by atoms with Gasteiger partial charge in [0, 0.05) is 0 Å². The zero-order valence-corrected chi connectivity index (χ0v) is 14.1. The van der Waals surface area contributed by atoms with Crippen molar-refractivity contribution in [3.63, 3.8) is 0 Å². The van der Waals surface area contributed by atoms with E-state index in [0.717, 1.165) is 0 Å². The summed E-state index contributed by atoms with van der Waals surface area (Å²) in [5.74, 6) is -0.711. The van der Waals surface area contributed by atoms with Crippen LogP contribution in [0.25, 0.3) is 0 Å². The van der Waals surface area contributed by atoms with Gasteiger partial charge in [-0.1, -0.05) is 18.2 Å². The predicted molar refractivity (Wildman–Crippen MR) is 98.2 cm³/mol. The first-order valence-corrected chi connectivity index (χ1v) is 8.81. The van der Waals surface area contributed by atoms with Gasteiger partial charge in [0.2, 0.25) is 35.7 Å². The van der Waals surface area contributed by atoms with Gasteiger partial charge >= 0.3 is 0 Å². The molecule has 0 saturated carbocycles. The number of hydrogen-bond acceptors (Lipinski definition) is 11. The molecule has 3 aromatic rings. The van der Waals surface area contributed by atoms with Crippen molar-refractivity contribution in [2.24, 2.45) is 0 Å². The molecule has 0 radical (unpaired) electrons. The highest BCUT2D eigenvalue weighted by Crippen LogP contribution is 2.43. The highest BCUT2D eigenvalue weighted by molar-refractivity contribution is 7.74. The molecule has 0 atom stereocenters. The van der Waals surface area contributed by atoms with E-state index in [9.17, 15) is 4.57 Å². The minimum absolute atomic E-state index is 0.0929. The number of nitrogens with zero attached hydrogens (tertiary/aromatic N) is 6. The van der Waals surface area contributed by atoms with Crippen molar-refractivity contribution >= 4 is 48.4 Å². The number of hydrogen-bond donors (Lipinski definition) is 6. The number of nitrogens with one attached hydrogen (secondary N) is 2. The van der Waals surface area contributed by atoms with Crippen LogP contribution in [0.5, 0.6) is 0 Å². The molecular formula is C12H15N12OP. The summed E-state index contributed by atoms with van der Waals surface area (Å²) in [6.45, 7) is 0. The van der Waals surface area contributed by atoms with Crippen LogP contribution in [0.3, 0.4) is 0 Å². The molecule has 0 spiro atoms. The van der Waals surface area contributed by atoms with Crippen molar-refractivity contribution in [2.75, 3.05) is 33.1 Å². The first-order valence-electron chi connectivity index (χ1n) is 7.10. The van der Waals surface area contributed by atoms with Crippen LogP contribution in [-0.2, 0) is 4.57 Å². The highest BCUT2D eigenvalue weighted by Gasteiger charge is 2.28. The molecule has 0 bridgehead atoms. The number of nitrogens with two attached hydrogens (primary N) is 4. The monoisotopic (exact) mass is 374 g/mol. The molecular weight excluding hydrogens is 359 g/mol. The Hall–Kier alpha value is -3.73. The lowest BCUT2D eigenvalue weighted by Crippen LogP contribution is -2.21. The summed E-state index contributed by atoms with van der Waals surface area (Å²) in [5, 5.41) is 5.75. The molecule has 0 aliphatic heterocycles. The molecule has 26 heavy (non-hydrogen) atoms. The number of benzene rings is 1.